The lowest BCUT2D eigenvalue weighted by atomic mass is 9.82. The molecule has 172 valence electrons. The minimum absolute atomic E-state index is 0.203. The Kier molecular flexibility index (Phi) is 7.13. The predicted molar refractivity (Wildman–Crippen MR) is 129 cm³/mol. The highest BCUT2D eigenvalue weighted by Gasteiger charge is 2.53. The van der Waals surface area contributed by atoms with Gasteiger partial charge in [0.1, 0.15) is 0 Å². The summed E-state index contributed by atoms with van der Waals surface area (Å²) in [5.74, 6) is -0.496. The van der Waals surface area contributed by atoms with Crippen molar-refractivity contribution in [2.75, 3.05) is 13.1 Å². The van der Waals surface area contributed by atoms with Gasteiger partial charge in [0.15, 0.2) is 5.54 Å². The van der Waals surface area contributed by atoms with E-state index in [9.17, 15) is 14.4 Å². The maximum absolute atomic E-state index is 13.6. The van der Waals surface area contributed by atoms with Crippen molar-refractivity contribution in [1.82, 2.24) is 20.5 Å². The fraction of sp³-hybridized carbons (Fsp3) is 0.185. The fourth-order valence-electron chi connectivity index (χ4n) is 4.03. The second-order valence-corrected chi connectivity index (χ2v) is 7.99. The Morgan fingerprint density at radius 1 is 0.941 bits per heavy atom. The summed E-state index contributed by atoms with van der Waals surface area (Å²) < 4.78 is 0. The zero-order valence-electron chi connectivity index (χ0n) is 18.7. The third-order valence-electron chi connectivity index (χ3n) is 5.74. The molecule has 0 aliphatic carbocycles. The number of benzene rings is 2. The van der Waals surface area contributed by atoms with Gasteiger partial charge in [-0.2, -0.15) is 0 Å². The molecule has 2 heterocycles. The van der Waals surface area contributed by atoms with Crippen LogP contribution in [0.3, 0.4) is 0 Å². The molecule has 3 aromatic rings. The molecule has 34 heavy (non-hydrogen) atoms. The van der Waals surface area contributed by atoms with Gasteiger partial charge in [0, 0.05) is 31.6 Å². The molecule has 1 fully saturated rings. The lowest BCUT2D eigenvalue weighted by Crippen LogP contribution is -2.45. The van der Waals surface area contributed by atoms with Crippen molar-refractivity contribution < 1.29 is 14.4 Å². The number of nitrogens with one attached hydrogen (secondary N) is 2. The second kappa shape index (κ2) is 10.6. The number of aromatic nitrogens is 1. The quantitative estimate of drug-likeness (QED) is 0.294. The van der Waals surface area contributed by atoms with E-state index in [2.05, 4.69) is 15.6 Å². The van der Waals surface area contributed by atoms with Gasteiger partial charge in [0.05, 0.1) is 0 Å². The number of carbonyl (C=O) groups excluding carboxylic acids is 3. The Bertz CT molecular complexity index is 1120. The van der Waals surface area contributed by atoms with Crippen molar-refractivity contribution in [3.05, 3.63) is 108 Å². The maximum atomic E-state index is 13.6. The first-order chi connectivity index (χ1) is 16.6. The van der Waals surface area contributed by atoms with Crippen LogP contribution in [0.15, 0.2) is 91.3 Å². The Labute approximate surface area is 198 Å². The number of imide groups is 1. The van der Waals surface area contributed by atoms with Crippen molar-refractivity contribution in [2.45, 2.75) is 18.4 Å². The van der Waals surface area contributed by atoms with Crippen molar-refractivity contribution in [3.63, 3.8) is 0 Å². The molecule has 7 nitrogen and oxygen atoms in total. The largest absolute Gasteiger partial charge is 0.353 e. The van der Waals surface area contributed by atoms with Gasteiger partial charge < -0.3 is 10.6 Å². The number of unbranched alkanes of at least 4 members (excludes halogenated alkanes) is 1. The van der Waals surface area contributed by atoms with Crippen LogP contribution in [-0.2, 0) is 15.1 Å². The Morgan fingerprint density at radius 3 is 2.24 bits per heavy atom. The van der Waals surface area contributed by atoms with Gasteiger partial charge in [0.2, 0.25) is 5.91 Å². The summed E-state index contributed by atoms with van der Waals surface area (Å²) in [4.78, 5) is 43.7. The van der Waals surface area contributed by atoms with E-state index < -0.39 is 11.6 Å². The van der Waals surface area contributed by atoms with Gasteiger partial charge in [-0.15, -0.1) is 0 Å². The average molecular weight is 455 g/mol. The van der Waals surface area contributed by atoms with Crippen LogP contribution < -0.4 is 10.6 Å². The van der Waals surface area contributed by atoms with Crippen LogP contribution in [-0.4, -0.2) is 40.8 Å². The highest BCUT2D eigenvalue weighted by molar-refractivity contribution is 6.09. The van der Waals surface area contributed by atoms with E-state index in [-0.39, 0.29) is 18.4 Å². The number of amides is 4. The Morgan fingerprint density at radius 2 is 1.62 bits per heavy atom. The number of rotatable bonds is 9. The van der Waals surface area contributed by atoms with E-state index in [1.54, 1.807) is 24.5 Å². The first-order valence-corrected chi connectivity index (χ1v) is 11.2. The van der Waals surface area contributed by atoms with E-state index in [4.69, 9.17) is 0 Å². The number of hydrogen-bond donors (Lipinski definition) is 2. The highest BCUT2D eigenvalue weighted by atomic mass is 16.2. The lowest BCUT2D eigenvalue weighted by Gasteiger charge is -2.28. The molecule has 4 amide bonds. The number of nitrogens with zero attached hydrogens (tertiary/aromatic N) is 2. The van der Waals surface area contributed by atoms with Crippen LogP contribution >= 0.6 is 0 Å². The van der Waals surface area contributed by atoms with Crippen LogP contribution in [0.1, 0.15) is 29.5 Å². The van der Waals surface area contributed by atoms with E-state index in [0.717, 1.165) is 16.7 Å². The minimum atomic E-state index is -1.25. The molecule has 0 radical (unpaired) electrons. The SMILES string of the molecule is O=C(C=Cc1cccnc1)NCCCCN1C(=O)NC(c2ccccc2)(c2ccccc2)C1=O. The van der Waals surface area contributed by atoms with E-state index in [1.807, 2.05) is 66.7 Å². The standard InChI is InChI=1S/C27H26N4O3/c32-24(16-15-21-10-9-17-28-20-21)29-18-7-8-19-31-25(33)27(30-26(31)34,22-11-3-1-4-12-22)23-13-5-2-6-14-23/h1-6,9-17,20H,7-8,18-19H2,(H,29,32)(H,30,34). The normalized spacial score (nSPS) is 14.9. The Balaban J connectivity index is 1.35. The fourth-order valence-corrected chi connectivity index (χ4v) is 4.03. The smallest absolute Gasteiger partial charge is 0.325 e. The molecule has 0 bridgehead atoms. The van der Waals surface area contributed by atoms with Crippen molar-refractivity contribution in [3.8, 4) is 0 Å². The topological polar surface area (TPSA) is 91.4 Å². The third kappa shape index (κ3) is 4.88. The minimum Gasteiger partial charge on any atom is -0.353 e. The molecule has 4 rings (SSSR count). The average Bonchev–Trinajstić information content (AvgIpc) is 3.14. The molecule has 2 N–H and O–H groups in total. The van der Waals surface area contributed by atoms with Gasteiger partial charge in [0.25, 0.3) is 5.91 Å². The molecule has 0 atom stereocenters. The van der Waals surface area contributed by atoms with E-state index in [1.165, 1.54) is 11.0 Å². The first kappa shape index (κ1) is 22.9. The van der Waals surface area contributed by atoms with Gasteiger partial charge in [-0.25, -0.2) is 4.79 Å². The summed E-state index contributed by atoms with van der Waals surface area (Å²) in [5, 5.41) is 5.76. The number of urea groups is 1. The molecular formula is C27H26N4O3. The van der Waals surface area contributed by atoms with Crippen molar-refractivity contribution in [2.24, 2.45) is 0 Å². The number of pyridine rings is 1. The molecule has 0 saturated carbocycles. The third-order valence-corrected chi connectivity index (χ3v) is 5.74. The van der Waals surface area contributed by atoms with Crippen LogP contribution in [0.25, 0.3) is 6.08 Å². The highest BCUT2D eigenvalue weighted by Crippen LogP contribution is 2.36. The number of hydrogen-bond acceptors (Lipinski definition) is 4. The van der Waals surface area contributed by atoms with Gasteiger partial charge in [-0.1, -0.05) is 66.7 Å². The van der Waals surface area contributed by atoms with Crippen LogP contribution in [0.5, 0.6) is 0 Å². The molecule has 1 aliphatic rings. The van der Waals surface area contributed by atoms with Crippen LogP contribution in [0, 0.1) is 0 Å². The van der Waals surface area contributed by atoms with Gasteiger partial charge >= 0.3 is 6.03 Å². The predicted octanol–water partition coefficient (Wildman–Crippen LogP) is 3.49. The zero-order chi connectivity index (χ0) is 23.8. The lowest BCUT2D eigenvalue weighted by molar-refractivity contribution is -0.130. The summed E-state index contributed by atoms with van der Waals surface area (Å²) in [5.41, 5.74) is 1.03. The molecule has 1 aliphatic heterocycles. The maximum Gasteiger partial charge on any atom is 0.325 e. The molecule has 0 unspecified atom stereocenters. The van der Waals surface area contributed by atoms with Gasteiger partial charge in [-0.05, 0) is 41.7 Å². The van der Waals surface area contributed by atoms with Gasteiger partial charge in [-0.3, -0.25) is 19.5 Å². The molecule has 1 aromatic heterocycles. The molecule has 1 saturated heterocycles. The summed E-state index contributed by atoms with van der Waals surface area (Å²) in [7, 11) is 0. The van der Waals surface area contributed by atoms with E-state index in [0.29, 0.717) is 19.4 Å². The second-order valence-electron chi connectivity index (χ2n) is 7.99. The summed E-state index contributed by atoms with van der Waals surface area (Å²) in [6.45, 7) is 0.718. The van der Waals surface area contributed by atoms with E-state index >= 15 is 0 Å². The van der Waals surface area contributed by atoms with Crippen molar-refractivity contribution >= 4 is 23.9 Å². The monoisotopic (exact) mass is 454 g/mol. The zero-order valence-corrected chi connectivity index (χ0v) is 18.7. The molecule has 0 spiro atoms. The summed E-state index contributed by atoms with van der Waals surface area (Å²) in [6.07, 6.45) is 7.71. The van der Waals surface area contributed by atoms with Crippen molar-refractivity contribution in [1.29, 1.82) is 0 Å². The molecule has 7 heteroatoms. The first-order valence-electron chi connectivity index (χ1n) is 11.2. The Hall–Kier alpha value is -4.26. The number of carbonyl (C=O) groups is 3. The molecule has 2 aromatic carbocycles. The summed E-state index contributed by atoms with van der Waals surface area (Å²) in [6, 6.07) is 21.8. The van der Waals surface area contributed by atoms with Crippen LogP contribution in [0.4, 0.5) is 4.79 Å². The molecular weight excluding hydrogens is 428 g/mol. The van der Waals surface area contributed by atoms with Crippen LogP contribution in [0.2, 0.25) is 0 Å². The summed E-state index contributed by atoms with van der Waals surface area (Å²) >= 11 is 0.